The van der Waals surface area contributed by atoms with Crippen molar-refractivity contribution in [1.29, 1.82) is 0 Å². The van der Waals surface area contributed by atoms with Gasteiger partial charge in [0.25, 0.3) is 0 Å². The average molecular weight is 261 g/mol. The summed E-state index contributed by atoms with van der Waals surface area (Å²) in [7, 11) is 0. The summed E-state index contributed by atoms with van der Waals surface area (Å²) in [4.78, 5) is 3.94. The van der Waals surface area contributed by atoms with Crippen LogP contribution in [0.5, 0.6) is 0 Å². The Bertz CT molecular complexity index is 468. The van der Waals surface area contributed by atoms with Crippen LogP contribution in [0, 0.1) is 13.8 Å². The summed E-state index contributed by atoms with van der Waals surface area (Å²) in [6, 6.07) is 3.87. The lowest BCUT2D eigenvalue weighted by atomic mass is 10.3. The van der Waals surface area contributed by atoms with Gasteiger partial charge in [0.15, 0.2) is 0 Å². The van der Waals surface area contributed by atoms with Gasteiger partial charge in [-0.05, 0) is 26.0 Å². The van der Waals surface area contributed by atoms with Crippen LogP contribution in [-0.4, -0.2) is 14.8 Å². The first kappa shape index (κ1) is 14.7. The van der Waals surface area contributed by atoms with E-state index >= 15 is 0 Å². The lowest BCUT2D eigenvalue weighted by Crippen LogP contribution is -2.03. The molecule has 0 saturated heterocycles. The standard InChI is InChI=1S/C10H12N4.2ClH/c1-7-5-8(2)14(13-7)10-3-4-12-6-9(10)11;;/h3-6H,11H2,1-2H3;2*1H. The summed E-state index contributed by atoms with van der Waals surface area (Å²) in [6.45, 7) is 3.96. The van der Waals surface area contributed by atoms with E-state index in [1.165, 1.54) is 0 Å². The molecule has 2 heterocycles. The highest BCUT2D eigenvalue weighted by Crippen LogP contribution is 2.16. The molecule has 0 aliphatic carbocycles. The fraction of sp³-hybridized carbons (Fsp3) is 0.200. The molecular weight excluding hydrogens is 247 g/mol. The van der Waals surface area contributed by atoms with Crippen molar-refractivity contribution in [1.82, 2.24) is 14.8 Å². The van der Waals surface area contributed by atoms with Crippen molar-refractivity contribution in [3.8, 4) is 5.69 Å². The van der Waals surface area contributed by atoms with Crippen LogP contribution in [0.15, 0.2) is 24.5 Å². The third-order valence-electron chi connectivity index (χ3n) is 2.07. The number of nitrogen functional groups attached to an aromatic ring is 1. The van der Waals surface area contributed by atoms with E-state index in [1.807, 2.05) is 30.7 Å². The summed E-state index contributed by atoms with van der Waals surface area (Å²) >= 11 is 0. The predicted octanol–water partition coefficient (Wildman–Crippen LogP) is 2.31. The molecule has 2 N–H and O–H groups in total. The van der Waals surface area contributed by atoms with Crippen LogP contribution in [0.3, 0.4) is 0 Å². The molecule has 4 nitrogen and oxygen atoms in total. The number of nitrogens with zero attached hydrogens (tertiary/aromatic N) is 3. The van der Waals surface area contributed by atoms with Crippen LogP contribution >= 0.6 is 24.8 Å². The van der Waals surface area contributed by atoms with Gasteiger partial charge in [0.05, 0.1) is 23.3 Å². The van der Waals surface area contributed by atoms with E-state index in [4.69, 9.17) is 5.73 Å². The Hall–Kier alpha value is -1.26. The van der Waals surface area contributed by atoms with E-state index < -0.39 is 0 Å². The van der Waals surface area contributed by atoms with Crippen LogP contribution in [0.2, 0.25) is 0 Å². The van der Waals surface area contributed by atoms with Gasteiger partial charge in [0, 0.05) is 11.9 Å². The van der Waals surface area contributed by atoms with Gasteiger partial charge < -0.3 is 5.73 Å². The molecule has 88 valence electrons. The number of rotatable bonds is 1. The van der Waals surface area contributed by atoms with Gasteiger partial charge in [-0.3, -0.25) is 4.98 Å². The SMILES string of the molecule is Cc1cc(C)n(-c2ccncc2N)n1.Cl.Cl. The normalized spacial score (nSPS) is 9.12. The Labute approximate surface area is 107 Å². The fourth-order valence-corrected chi connectivity index (χ4v) is 1.46. The van der Waals surface area contributed by atoms with E-state index in [2.05, 4.69) is 10.1 Å². The molecule has 0 radical (unpaired) electrons. The molecule has 16 heavy (non-hydrogen) atoms. The van der Waals surface area contributed by atoms with Crippen molar-refractivity contribution in [2.24, 2.45) is 0 Å². The molecule has 0 fully saturated rings. The van der Waals surface area contributed by atoms with Gasteiger partial charge >= 0.3 is 0 Å². The first-order valence-corrected chi connectivity index (χ1v) is 4.41. The number of hydrogen-bond donors (Lipinski definition) is 1. The maximum absolute atomic E-state index is 5.81. The number of aryl methyl sites for hydroxylation is 2. The van der Waals surface area contributed by atoms with Crippen molar-refractivity contribution in [3.63, 3.8) is 0 Å². The number of hydrogen-bond acceptors (Lipinski definition) is 3. The molecule has 0 aliphatic rings. The molecule has 2 rings (SSSR count). The van der Waals surface area contributed by atoms with Gasteiger partial charge in [0.2, 0.25) is 0 Å². The van der Waals surface area contributed by atoms with Crippen LogP contribution in [0.1, 0.15) is 11.4 Å². The van der Waals surface area contributed by atoms with E-state index in [0.717, 1.165) is 17.1 Å². The molecule has 0 aromatic carbocycles. The van der Waals surface area contributed by atoms with Crippen LogP contribution in [0.25, 0.3) is 5.69 Å². The van der Waals surface area contributed by atoms with Crippen molar-refractivity contribution in [3.05, 3.63) is 35.9 Å². The maximum Gasteiger partial charge on any atom is 0.0909 e. The predicted molar refractivity (Wildman–Crippen MR) is 69.7 cm³/mol. The van der Waals surface area contributed by atoms with Crippen molar-refractivity contribution >= 4 is 30.5 Å². The summed E-state index contributed by atoms with van der Waals surface area (Å²) in [5.74, 6) is 0. The highest BCUT2D eigenvalue weighted by molar-refractivity contribution is 5.85. The van der Waals surface area contributed by atoms with Crippen LogP contribution in [-0.2, 0) is 0 Å². The van der Waals surface area contributed by atoms with Gasteiger partial charge in [-0.1, -0.05) is 0 Å². The number of pyridine rings is 1. The first-order valence-electron chi connectivity index (χ1n) is 4.41. The quantitative estimate of drug-likeness (QED) is 0.856. The molecule has 2 aromatic rings. The average Bonchev–Trinajstić information content (AvgIpc) is 2.46. The largest absolute Gasteiger partial charge is 0.396 e. The summed E-state index contributed by atoms with van der Waals surface area (Å²) in [5.41, 5.74) is 9.38. The fourth-order valence-electron chi connectivity index (χ4n) is 1.46. The number of anilines is 1. The first-order chi connectivity index (χ1) is 6.68. The zero-order valence-electron chi connectivity index (χ0n) is 9.04. The zero-order valence-corrected chi connectivity index (χ0v) is 10.7. The van der Waals surface area contributed by atoms with Gasteiger partial charge in [-0.15, -0.1) is 24.8 Å². The monoisotopic (exact) mass is 260 g/mol. The molecule has 0 atom stereocenters. The lowest BCUT2D eigenvalue weighted by Gasteiger charge is -2.06. The molecule has 2 aromatic heterocycles. The van der Waals surface area contributed by atoms with Crippen LogP contribution < -0.4 is 5.73 Å². The van der Waals surface area contributed by atoms with Gasteiger partial charge in [0.1, 0.15) is 0 Å². The highest BCUT2D eigenvalue weighted by Gasteiger charge is 2.05. The number of halogens is 2. The number of aromatic nitrogens is 3. The molecule has 0 saturated carbocycles. The molecule has 0 spiro atoms. The van der Waals surface area contributed by atoms with Crippen LogP contribution in [0.4, 0.5) is 5.69 Å². The van der Waals surface area contributed by atoms with Gasteiger partial charge in [-0.2, -0.15) is 5.10 Å². The second-order valence-corrected chi connectivity index (χ2v) is 3.27. The minimum Gasteiger partial charge on any atom is -0.396 e. The Balaban J connectivity index is 0.00000112. The van der Waals surface area contributed by atoms with E-state index in [9.17, 15) is 0 Å². The zero-order chi connectivity index (χ0) is 10.1. The molecule has 0 amide bonds. The third-order valence-corrected chi connectivity index (χ3v) is 2.07. The smallest absolute Gasteiger partial charge is 0.0909 e. The Morgan fingerprint density at radius 1 is 1.25 bits per heavy atom. The van der Waals surface area contributed by atoms with Crippen molar-refractivity contribution in [2.75, 3.05) is 5.73 Å². The second-order valence-electron chi connectivity index (χ2n) is 3.27. The third kappa shape index (κ3) is 2.65. The topological polar surface area (TPSA) is 56.7 Å². The second kappa shape index (κ2) is 5.72. The van der Waals surface area contributed by atoms with E-state index in [-0.39, 0.29) is 24.8 Å². The minimum atomic E-state index is 0. The summed E-state index contributed by atoms with van der Waals surface area (Å²) in [6.07, 6.45) is 3.34. The molecule has 0 unspecified atom stereocenters. The molecule has 0 aliphatic heterocycles. The van der Waals surface area contributed by atoms with Gasteiger partial charge in [-0.25, -0.2) is 4.68 Å². The Morgan fingerprint density at radius 3 is 2.44 bits per heavy atom. The Morgan fingerprint density at radius 2 is 1.94 bits per heavy atom. The van der Waals surface area contributed by atoms with E-state index in [1.54, 1.807) is 12.4 Å². The van der Waals surface area contributed by atoms with Crippen molar-refractivity contribution < 1.29 is 0 Å². The molecule has 0 bridgehead atoms. The maximum atomic E-state index is 5.81. The van der Waals surface area contributed by atoms with Crippen molar-refractivity contribution in [2.45, 2.75) is 13.8 Å². The molecular formula is C10H14Cl2N4. The molecule has 6 heteroatoms. The summed E-state index contributed by atoms with van der Waals surface area (Å²) in [5, 5.41) is 4.35. The lowest BCUT2D eigenvalue weighted by molar-refractivity contribution is 0.834. The number of nitrogens with two attached hydrogens (primary N) is 1. The van der Waals surface area contributed by atoms with E-state index in [0.29, 0.717) is 5.69 Å². The Kier molecular flexibility index (Phi) is 5.27. The minimum absolute atomic E-state index is 0. The highest BCUT2D eigenvalue weighted by atomic mass is 35.5. The summed E-state index contributed by atoms with van der Waals surface area (Å²) < 4.78 is 1.83.